The molecule has 2 amide bonds. The van der Waals surface area contributed by atoms with E-state index in [2.05, 4.69) is 15.5 Å². The molecule has 3 aliphatic rings. The Hall–Kier alpha value is -2.64. The minimum Gasteiger partial charge on any atom is -0.351 e. The number of carbonyl (C=O) groups excluding carboxylic acids is 2. The maximum Gasteiger partial charge on any atom is 0.292 e. The van der Waals surface area contributed by atoms with Crippen LogP contribution in [0.25, 0.3) is 0 Å². The number of nitrogens with zero attached hydrogens (tertiary/aromatic N) is 4. The molecule has 148 valence electrons. The van der Waals surface area contributed by atoms with Crippen LogP contribution in [0.2, 0.25) is 0 Å². The van der Waals surface area contributed by atoms with Crippen molar-refractivity contribution in [3.8, 4) is 0 Å². The minimum atomic E-state index is -0.142. The minimum absolute atomic E-state index is 0.0367. The molecule has 1 saturated heterocycles. The van der Waals surface area contributed by atoms with Gasteiger partial charge in [0.05, 0.1) is 17.7 Å². The molecule has 8 nitrogen and oxygen atoms in total. The van der Waals surface area contributed by atoms with E-state index >= 15 is 0 Å². The van der Waals surface area contributed by atoms with Crippen molar-refractivity contribution in [2.45, 2.75) is 50.5 Å². The Balaban J connectivity index is 1.39. The van der Waals surface area contributed by atoms with Gasteiger partial charge in [-0.3, -0.25) is 9.59 Å². The maximum atomic E-state index is 13.2. The van der Waals surface area contributed by atoms with Gasteiger partial charge in [-0.15, -0.1) is 0 Å². The highest BCUT2D eigenvalue weighted by Gasteiger charge is 2.42. The molecular formula is C20H25N5O3. The number of nitrogens with one attached hydrogen (secondary N) is 1. The molecule has 0 unspecified atom stereocenters. The third-order valence-corrected chi connectivity index (χ3v) is 6.23. The standard InChI is InChI=1S/C20H25N5O3/c1-24-9-8-21-18(24)14-10-25(11-16(14)22-19(26)12-6-7-12)20(27)17-13-4-2-3-5-15(13)23-28-17/h8-9,12,14,16H,2-7,10-11H2,1H3,(H,22,26)/t14-,16-/m1/s1. The van der Waals surface area contributed by atoms with Crippen molar-refractivity contribution in [3.63, 3.8) is 0 Å². The number of hydrogen-bond acceptors (Lipinski definition) is 5. The molecule has 2 aromatic heterocycles. The summed E-state index contributed by atoms with van der Waals surface area (Å²) in [7, 11) is 1.94. The van der Waals surface area contributed by atoms with Gasteiger partial charge in [-0.1, -0.05) is 5.16 Å². The molecule has 5 rings (SSSR count). The van der Waals surface area contributed by atoms with Crippen LogP contribution in [0.15, 0.2) is 16.9 Å². The number of carbonyl (C=O) groups is 2. The van der Waals surface area contributed by atoms with Gasteiger partial charge in [-0.25, -0.2) is 4.98 Å². The molecule has 8 heteroatoms. The highest BCUT2D eigenvalue weighted by Crippen LogP contribution is 2.33. The molecule has 2 fully saturated rings. The lowest BCUT2D eigenvalue weighted by Crippen LogP contribution is -2.41. The van der Waals surface area contributed by atoms with Crippen molar-refractivity contribution >= 4 is 11.8 Å². The normalized spacial score (nSPS) is 24.2. The van der Waals surface area contributed by atoms with Crippen molar-refractivity contribution in [2.24, 2.45) is 13.0 Å². The van der Waals surface area contributed by atoms with Crippen LogP contribution in [0.1, 0.15) is 59.2 Å². The molecule has 1 aliphatic heterocycles. The molecule has 2 aromatic rings. The topological polar surface area (TPSA) is 93.3 Å². The Kier molecular flexibility index (Phi) is 4.21. The van der Waals surface area contributed by atoms with E-state index in [4.69, 9.17) is 4.52 Å². The lowest BCUT2D eigenvalue weighted by Gasteiger charge is -2.19. The van der Waals surface area contributed by atoms with Crippen LogP contribution in [-0.2, 0) is 24.7 Å². The van der Waals surface area contributed by atoms with Crippen LogP contribution in [0.5, 0.6) is 0 Å². The van der Waals surface area contributed by atoms with Crippen LogP contribution in [0.3, 0.4) is 0 Å². The average Bonchev–Trinajstić information content (AvgIpc) is 3.13. The van der Waals surface area contributed by atoms with E-state index in [1.807, 2.05) is 17.8 Å². The van der Waals surface area contributed by atoms with E-state index in [1.165, 1.54) is 0 Å². The smallest absolute Gasteiger partial charge is 0.292 e. The van der Waals surface area contributed by atoms with E-state index in [-0.39, 0.29) is 29.7 Å². The number of likely N-dealkylation sites (tertiary alicyclic amines) is 1. The summed E-state index contributed by atoms with van der Waals surface area (Å²) in [4.78, 5) is 31.9. The Bertz CT molecular complexity index is 913. The fraction of sp³-hybridized carbons (Fsp3) is 0.600. The zero-order chi connectivity index (χ0) is 19.3. The molecule has 28 heavy (non-hydrogen) atoms. The largest absolute Gasteiger partial charge is 0.351 e. The second kappa shape index (κ2) is 6.76. The molecule has 2 aliphatic carbocycles. The van der Waals surface area contributed by atoms with Gasteiger partial charge in [-0.2, -0.15) is 0 Å². The number of aromatic nitrogens is 3. The van der Waals surface area contributed by atoms with Gasteiger partial charge in [0.25, 0.3) is 5.91 Å². The van der Waals surface area contributed by atoms with E-state index in [0.717, 1.165) is 55.6 Å². The number of aryl methyl sites for hydroxylation is 2. The second-order valence-electron chi connectivity index (χ2n) is 8.25. The number of fused-ring (bicyclic) bond motifs is 1. The molecule has 0 radical (unpaired) electrons. The van der Waals surface area contributed by atoms with Crippen LogP contribution < -0.4 is 5.32 Å². The average molecular weight is 383 g/mol. The van der Waals surface area contributed by atoms with Crippen LogP contribution >= 0.6 is 0 Å². The summed E-state index contributed by atoms with van der Waals surface area (Å²) < 4.78 is 7.42. The van der Waals surface area contributed by atoms with Gasteiger partial charge in [0.15, 0.2) is 0 Å². The highest BCUT2D eigenvalue weighted by molar-refractivity contribution is 5.93. The van der Waals surface area contributed by atoms with E-state index in [1.54, 1.807) is 11.1 Å². The zero-order valence-electron chi connectivity index (χ0n) is 16.1. The third kappa shape index (κ3) is 3.00. The molecule has 3 heterocycles. The monoisotopic (exact) mass is 383 g/mol. The molecule has 1 saturated carbocycles. The van der Waals surface area contributed by atoms with Crippen molar-refractivity contribution in [1.29, 1.82) is 0 Å². The lowest BCUT2D eigenvalue weighted by atomic mass is 9.96. The fourth-order valence-corrected chi connectivity index (χ4v) is 4.46. The van der Waals surface area contributed by atoms with Crippen molar-refractivity contribution < 1.29 is 14.1 Å². The molecule has 1 N–H and O–H groups in total. The lowest BCUT2D eigenvalue weighted by molar-refractivity contribution is -0.123. The summed E-state index contributed by atoms with van der Waals surface area (Å²) >= 11 is 0. The Morgan fingerprint density at radius 3 is 2.79 bits per heavy atom. The SMILES string of the molecule is Cn1ccnc1[C@@H]1CN(C(=O)c2onc3c2CCCC3)C[C@H]1NC(=O)C1CC1. The molecule has 0 bridgehead atoms. The van der Waals surface area contributed by atoms with Gasteiger partial charge in [0, 0.05) is 44.0 Å². The summed E-state index contributed by atoms with van der Waals surface area (Å²) in [6, 6.07) is -0.142. The fourth-order valence-electron chi connectivity index (χ4n) is 4.46. The molecule has 2 atom stereocenters. The second-order valence-corrected chi connectivity index (χ2v) is 8.25. The first-order valence-electron chi connectivity index (χ1n) is 10.2. The van der Waals surface area contributed by atoms with Gasteiger partial charge in [0.2, 0.25) is 11.7 Å². The predicted octanol–water partition coefficient (Wildman–Crippen LogP) is 1.42. The van der Waals surface area contributed by atoms with Crippen molar-refractivity contribution in [1.82, 2.24) is 24.9 Å². The molecule has 0 aromatic carbocycles. The quantitative estimate of drug-likeness (QED) is 0.862. The zero-order valence-corrected chi connectivity index (χ0v) is 16.1. The van der Waals surface area contributed by atoms with Crippen LogP contribution in [0, 0.1) is 5.92 Å². The predicted molar refractivity (Wildman–Crippen MR) is 99.7 cm³/mol. The first kappa shape index (κ1) is 17.5. The van der Waals surface area contributed by atoms with Gasteiger partial charge >= 0.3 is 0 Å². The Labute approximate surface area is 163 Å². The van der Waals surface area contributed by atoms with Crippen LogP contribution in [-0.4, -0.2) is 50.6 Å². The van der Waals surface area contributed by atoms with Crippen molar-refractivity contribution in [3.05, 3.63) is 35.2 Å². The number of imidazole rings is 1. The highest BCUT2D eigenvalue weighted by atomic mass is 16.5. The summed E-state index contributed by atoms with van der Waals surface area (Å²) in [5.41, 5.74) is 1.89. The Morgan fingerprint density at radius 1 is 1.21 bits per heavy atom. The van der Waals surface area contributed by atoms with Gasteiger partial charge < -0.3 is 19.3 Å². The number of rotatable bonds is 4. The molecule has 0 spiro atoms. The maximum absolute atomic E-state index is 13.2. The van der Waals surface area contributed by atoms with Crippen molar-refractivity contribution in [2.75, 3.05) is 13.1 Å². The van der Waals surface area contributed by atoms with E-state index < -0.39 is 0 Å². The summed E-state index contributed by atoms with van der Waals surface area (Å²) in [6.45, 7) is 0.971. The summed E-state index contributed by atoms with van der Waals surface area (Å²) in [5.74, 6) is 1.32. The molecular weight excluding hydrogens is 358 g/mol. The number of amides is 2. The van der Waals surface area contributed by atoms with Gasteiger partial charge in [0.1, 0.15) is 5.82 Å². The third-order valence-electron chi connectivity index (χ3n) is 6.23. The first-order chi connectivity index (χ1) is 13.6. The van der Waals surface area contributed by atoms with Crippen LogP contribution in [0.4, 0.5) is 0 Å². The Morgan fingerprint density at radius 2 is 2.04 bits per heavy atom. The number of hydrogen-bond donors (Lipinski definition) is 1. The van der Waals surface area contributed by atoms with E-state index in [0.29, 0.717) is 18.8 Å². The van der Waals surface area contributed by atoms with Gasteiger partial charge in [-0.05, 0) is 38.5 Å². The summed E-state index contributed by atoms with van der Waals surface area (Å²) in [5, 5.41) is 7.29. The van der Waals surface area contributed by atoms with E-state index in [9.17, 15) is 9.59 Å². The summed E-state index contributed by atoms with van der Waals surface area (Å²) in [6.07, 6.45) is 9.44. The first-order valence-corrected chi connectivity index (χ1v) is 10.2.